The summed E-state index contributed by atoms with van der Waals surface area (Å²) in [6, 6.07) is 4.09. The maximum absolute atomic E-state index is 6.02. The van der Waals surface area contributed by atoms with Gasteiger partial charge in [0.1, 0.15) is 6.61 Å². The molecule has 120 valence electrons. The van der Waals surface area contributed by atoms with Crippen LogP contribution in [0, 0.1) is 0 Å². The Morgan fingerprint density at radius 2 is 1.71 bits per heavy atom. The number of ether oxygens (including phenoxy) is 3. The van der Waals surface area contributed by atoms with Gasteiger partial charge >= 0.3 is 0 Å². The van der Waals surface area contributed by atoms with E-state index >= 15 is 0 Å². The molecule has 1 atom stereocenters. The summed E-state index contributed by atoms with van der Waals surface area (Å²) in [6.45, 7) is 3.49. The zero-order valence-electron chi connectivity index (χ0n) is 13.8. The van der Waals surface area contributed by atoms with E-state index in [2.05, 4.69) is 11.8 Å². The fourth-order valence-corrected chi connectivity index (χ4v) is 1.97. The van der Waals surface area contributed by atoms with Gasteiger partial charge in [0.05, 0.1) is 14.2 Å². The van der Waals surface area contributed by atoms with Crippen molar-refractivity contribution in [1.29, 1.82) is 0 Å². The van der Waals surface area contributed by atoms with Crippen molar-refractivity contribution in [2.75, 3.05) is 41.5 Å². The first-order valence-corrected chi connectivity index (χ1v) is 7.29. The van der Waals surface area contributed by atoms with Gasteiger partial charge < -0.3 is 24.8 Å². The van der Waals surface area contributed by atoms with Crippen LogP contribution in [0.3, 0.4) is 0 Å². The van der Waals surface area contributed by atoms with Crippen molar-refractivity contribution in [2.45, 2.75) is 25.8 Å². The Balaban J connectivity index is 2.95. The van der Waals surface area contributed by atoms with Crippen LogP contribution >= 0.6 is 0 Å². The molecule has 0 aliphatic carbocycles. The van der Waals surface area contributed by atoms with E-state index in [1.165, 1.54) is 0 Å². The highest BCUT2D eigenvalue weighted by molar-refractivity contribution is 5.54. The lowest BCUT2D eigenvalue weighted by Gasteiger charge is -2.18. The van der Waals surface area contributed by atoms with Crippen LogP contribution in [0.25, 0.3) is 0 Å². The van der Waals surface area contributed by atoms with Crippen molar-refractivity contribution >= 4 is 0 Å². The third kappa shape index (κ3) is 5.44. The average Bonchev–Trinajstić information content (AvgIpc) is 2.47. The van der Waals surface area contributed by atoms with Crippen LogP contribution in [-0.2, 0) is 6.42 Å². The highest BCUT2D eigenvalue weighted by Gasteiger charge is 2.15. The monoisotopic (exact) mass is 296 g/mol. The first-order valence-electron chi connectivity index (χ1n) is 7.29. The summed E-state index contributed by atoms with van der Waals surface area (Å²) in [5, 5.41) is 0. The molecule has 5 heteroatoms. The number of rotatable bonds is 9. The largest absolute Gasteiger partial charge is 0.493 e. The van der Waals surface area contributed by atoms with Gasteiger partial charge in [0, 0.05) is 12.6 Å². The molecule has 1 unspecified atom stereocenters. The molecule has 0 amide bonds. The van der Waals surface area contributed by atoms with Gasteiger partial charge in [-0.2, -0.15) is 0 Å². The third-order valence-electron chi connectivity index (χ3n) is 3.33. The van der Waals surface area contributed by atoms with Gasteiger partial charge in [-0.1, -0.05) is 6.92 Å². The van der Waals surface area contributed by atoms with Gasteiger partial charge in [-0.05, 0) is 44.6 Å². The average molecular weight is 296 g/mol. The van der Waals surface area contributed by atoms with Crippen molar-refractivity contribution in [1.82, 2.24) is 4.90 Å². The normalized spacial score (nSPS) is 12.3. The molecule has 2 N–H and O–H groups in total. The number of benzene rings is 1. The summed E-state index contributed by atoms with van der Waals surface area (Å²) >= 11 is 0. The van der Waals surface area contributed by atoms with Gasteiger partial charge in [-0.15, -0.1) is 0 Å². The minimum atomic E-state index is 0.139. The predicted octanol–water partition coefficient (Wildman–Crippen LogP) is 1.92. The Bertz CT molecular complexity index is 411. The molecule has 1 aromatic rings. The lowest BCUT2D eigenvalue weighted by molar-refractivity contribution is 0.239. The summed E-state index contributed by atoms with van der Waals surface area (Å²) in [4.78, 5) is 2.06. The maximum atomic E-state index is 6.02. The molecule has 0 bridgehead atoms. The summed E-state index contributed by atoms with van der Waals surface area (Å²) in [7, 11) is 7.29. The predicted molar refractivity (Wildman–Crippen MR) is 85.6 cm³/mol. The molecule has 0 spiro atoms. The summed E-state index contributed by atoms with van der Waals surface area (Å²) in [6.07, 6.45) is 1.73. The van der Waals surface area contributed by atoms with E-state index in [1.54, 1.807) is 14.2 Å². The van der Waals surface area contributed by atoms with E-state index in [4.69, 9.17) is 19.9 Å². The van der Waals surface area contributed by atoms with E-state index in [1.807, 2.05) is 26.2 Å². The number of nitrogens with two attached hydrogens (primary N) is 1. The minimum Gasteiger partial charge on any atom is -0.493 e. The quantitative estimate of drug-likeness (QED) is 0.754. The highest BCUT2D eigenvalue weighted by atomic mass is 16.5. The number of methoxy groups -OCH3 is 2. The van der Waals surface area contributed by atoms with Gasteiger partial charge in [0.15, 0.2) is 11.5 Å². The van der Waals surface area contributed by atoms with E-state index in [-0.39, 0.29) is 6.04 Å². The standard InChI is InChI=1S/C16H28N2O3/c1-6-13(17)9-12-10-14(19-4)16(15(11-12)20-5)21-8-7-18(2)3/h10-11,13H,6-9,17H2,1-5H3. The number of hydrogen-bond acceptors (Lipinski definition) is 5. The van der Waals surface area contributed by atoms with Crippen molar-refractivity contribution in [3.63, 3.8) is 0 Å². The van der Waals surface area contributed by atoms with Crippen molar-refractivity contribution in [2.24, 2.45) is 5.73 Å². The zero-order chi connectivity index (χ0) is 15.8. The van der Waals surface area contributed by atoms with E-state index in [9.17, 15) is 0 Å². The SMILES string of the molecule is CCC(N)Cc1cc(OC)c(OCCN(C)C)c(OC)c1. The van der Waals surface area contributed by atoms with E-state index in [0.717, 1.165) is 24.9 Å². The topological polar surface area (TPSA) is 57.0 Å². The number of nitrogens with zero attached hydrogens (tertiary/aromatic N) is 1. The summed E-state index contributed by atoms with van der Waals surface area (Å²) in [5.74, 6) is 2.02. The Kier molecular flexibility index (Phi) is 7.32. The summed E-state index contributed by atoms with van der Waals surface area (Å²) < 4.78 is 16.7. The third-order valence-corrected chi connectivity index (χ3v) is 3.33. The molecule has 0 saturated heterocycles. The Morgan fingerprint density at radius 3 is 2.14 bits per heavy atom. The van der Waals surface area contributed by atoms with Crippen molar-refractivity contribution < 1.29 is 14.2 Å². The van der Waals surface area contributed by atoms with E-state index < -0.39 is 0 Å². The molecule has 0 fully saturated rings. The minimum absolute atomic E-state index is 0.139. The summed E-state index contributed by atoms with van der Waals surface area (Å²) in [5.41, 5.74) is 7.12. The zero-order valence-corrected chi connectivity index (χ0v) is 13.8. The molecular weight excluding hydrogens is 268 g/mol. The second kappa shape index (κ2) is 8.74. The number of likely N-dealkylation sites (N-methyl/N-ethyl adjacent to an activating group) is 1. The van der Waals surface area contributed by atoms with Gasteiger partial charge in [0.25, 0.3) is 0 Å². The Labute approximate surface area is 128 Å². The van der Waals surface area contributed by atoms with Crippen LogP contribution < -0.4 is 19.9 Å². The molecule has 0 aliphatic rings. The molecule has 0 aliphatic heterocycles. The lowest BCUT2D eigenvalue weighted by atomic mass is 10.0. The molecule has 0 aromatic heterocycles. The molecule has 5 nitrogen and oxygen atoms in total. The first-order chi connectivity index (χ1) is 10.0. The van der Waals surface area contributed by atoms with Crippen LogP contribution in [0.15, 0.2) is 12.1 Å². The van der Waals surface area contributed by atoms with Gasteiger partial charge in [-0.3, -0.25) is 0 Å². The molecular formula is C16H28N2O3. The fourth-order valence-electron chi connectivity index (χ4n) is 1.97. The smallest absolute Gasteiger partial charge is 0.203 e. The van der Waals surface area contributed by atoms with Crippen molar-refractivity contribution in [3.8, 4) is 17.2 Å². The van der Waals surface area contributed by atoms with Crippen LogP contribution in [0.5, 0.6) is 17.2 Å². The molecule has 1 rings (SSSR count). The van der Waals surface area contributed by atoms with Crippen LogP contribution in [0.2, 0.25) is 0 Å². The second-order valence-electron chi connectivity index (χ2n) is 5.35. The molecule has 0 radical (unpaired) electrons. The maximum Gasteiger partial charge on any atom is 0.203 e. The molecule has 1 aromatic carbocycles. The van der Waals surface area contributed by atoms with Gasteiger partial charge in [-0.25, -0.2) is 0 Å². The highest BCUT2D eigenvalue weighted by Crippen LogP contribution is 2.38. The molecule has 0 heterocycles. The lowest BCUT2D eigenvalue weighted by Crippen LogP contribution is -2.21. The first kappa shape index (κ1) is 17.6. The van der Waals surface area contributed by atoms with Crippen LogP contribution in [0.1, 0.15) is 18.9 Å². The Morgan fingerprint density at radius 1 is 1.14 bits per heavy atom. The van der Waals surface area contributed by atoms with Crippen LogP contribution in [0.4, 0.5) is 0 Å². The van der Waals surface area contributed by atoms with Crippen molar-refractivity contribution in [3.05, 3.63) is 17.7 Å². The molecule has 0 saturated carbocycles. The van der Waals surface area contributed by atoms with E-state index in [0.29, 0.717) is 23.9 Å². The molecule has 21 heavy (non-hydrogen) atoms. The fraction of sp³-hybridized carbons (Fsp3) is 0.625. The van der Waals surface area contributed by atoms with Crippen LogP contribution in [-0.4, -0.2) is 52.4 Å². The Hall–Kier alpha value is -1.46. The van der Waals surface area contributed by atoms with Gasteiger partial charge in [0.2, 0.25) is 5.75 Å². The number of hydrogen-bond donors (Lipinski definition) is 1. The second-order valence-corrected chi connectivity index (χ2v) is 5.35.